The van der Waals surface area contributed by atoms with E-state index in [0.29, 0.717) is 6.54 Å². The summed E-state index contributed by atoms with van der Waals surface area (Å²) >= 11 is 0. The quantitative estimate of drug-likeness (QED) is 0.784. The third kappa shape index (κ3) is 2.18. The van der Waals surface area contributed by atoms with Crippen LogP contribution in [0, 0.1) is 0 Å². The second-order valence-corrected chi connectivity index (χ2v) is 4.87. The molecule has 0 bridgehead atoms. The van der Waals surface area contributed by atoms with Crippen molar-refractivity contribution < 1.29 is 5.11 Å². The number of nitrogens with zero attached hydrogens (tertiary/aromatic N) is 2. The maximum Gasteiger partial charge on any atom is 0.133 e. The summed E-state index contributed by atoms with van der Waals surface area (Å²) in [5.41, 5.74) is 6.36. The van der Waals surface area contributed by atoms with E-state index in [9.17, 15) is 5.11 Å². The molecule has 1 fully saturated rings. The number of aromatic nitrogens is 1. The van der Waals surface area contributed by atoms with Gasteiger partial charge in [0.2, 0.25) is 0 Å². The molecule has 1 aliphatic heterocycles. The van der Waals surface area contributed by atoms with E-state index >= 15 is 0 Å². The number of hydrogen-bond acceptors (Lipinski definition) is 4. The van der Waals surface area contributed by atoms with Gasteiger partial charge in [-0.1, -0.05) is 6.07 Å². The van der Waals surface area contributed by atoms with Crippen molar-refractivity contribution in [2.75, 3.05) is 18.0 Å². The van der Waals surface area contributed by atoms with Gasteiger partial charge in [0.25, 0.3) is 0 Å². The van der Waals surface area contributed by atoms with Gasteiger partial charge in [-0.3, -0.25) is 0 Å². The maximum absolute atomic E-state index is 9.95. The maximum atomic E-state index is 9.95. The summed E-state index contributed by atoms with van der Waals surface area (Å²) < 4.78 is 0. The Morgan fingerprint density at radius 2 is 2.38 bits per heavy atom. The summed E-state index contributed by atoms with van der Waals surface area (Å²) in [6, 6.07) is 3.87. The van der Waals surface area contributed by atoms with Gasteiger partial charge < -0.3 is 15.7 Å². The zero-order chi connectivity index (χ0) is 11.8. The highest BCUT2D eigenvalue weighted by molar-refractivity contribution is 5.49. The first-order valence-corrected chi connectivity index (χ1v) is 5.67. The molecule has 0 aromatic carbocycles. The molecule has 2 rings (SSSR count). The number of anilines is 1. The monoisotopic (exact) mass is 221 g/mol. The second-order valence-electron chi connectivity index (χ2n) is 4.87. The molecule has 1 aromatic rings. The molecule has 2 heterocycles. The molecule has 88 valence electrons. The predicted molar refractivity (Wildman–Crippen MR) is 64.3 cm³/mol. The number of β-amino-alcohol motifs (C(OH)–C–C–N with tert-alkyl or cyclic N) is 1. The van der Waals surface area contributed by atoms with Gasteiger partial charge in [0.05, 0.1) is 5.60 Å². The zero-order valence-corrected chi connectivity index (χ0v) is 9.85. The molecule has 0 amide bonds. The summed E-state index contributed by atoms with van der Waals surface area (Å²) in [6.07, 6.45) is 2.55. The standard InChI is InChI=1S/C12H19N3O/c1-9(13)10-4-3-6-14-11(10)15-7-5-12(2,16)8-15/h3-4,6,9,16H,5,7-8,13H2,1-2H3/t9-,12?/m1/s1. The van der Waals surface area contributed by atoms with Gasteiger partial charge in [-0.2, -0.15) is 0 Å². The fourth-order valence-corrected chi connectivity index (χ4v) is 2.15. The second kappa shape index (κ2) is 4.03. The minimum absolute atomic E-state index is 0.0331. The average molecular weight is 221 g/mol. The van der Waals surface area contributed by atoms with Gasteiger partial charge in [0, 0.05) is 30.9 Å². The number of hydrogen-bond donors (Lipinski definition) is 2. The van der Waals surface area contributed by atoms with Gasteiger partial charge in [-0.05, 0) is 26.3 Å². The summed E-state index contributed by atoms with van der Waals surface area (Å²) in [6.45, 7) is 5.28. The molecule has 16 heavy (non-hydrogen) atoms. The SMILES string of the molecule is C[C@@H](N)c1cccnc1N1CCC(C)(O)C1. The van der Waals surface area contributed by atoms with Crippen LogP contribution in [-0.2, 0) is 0 Å². The molecule has 4 heteroatoms. The minimum Gasteiger partial charge on any atom is -0.388 e. The first kappa shape index (κ1) is 11.4. The van der Waals surface area contributed by atoms with Crippen LogP contribution in [0.2, 0.25) is 0 Å². The van der Waals surface area contributed by atoms with Crippen LogP contribution in [0.5, 0.6) is 0 Å². The lowest BCUT2D eigenvalue weighted by molar-refractivity contribution is 0.0839. The Labute approximate surface area is 96.1 Å². The first-order chi connectivity index (χ1) is 7.49. The molecule has 0 aliphatic carbocycles. The average Bonchev–Trinajstić information content (AvgIpc) is 2.59. The smallest absolute Gasteiger partial charge is 0.133 e. The number of pyridine rings is 1. The molecule has 1 saturated heterocycles. The third-order valence-electron chi connectivity index (χ3n) is 3.06. The van der Waals surface area contributed by atoms with Crippen LogP contribution < -0.4 is 10.6 Å². The van der Waals surface area contributed by atoms with Crippen molar-refractivity contribution in [3.63, 3.8) is 0 Å². The molecule has 1 unspecified atom stereocenters. The molecule has 1 aliphatic rings. The van der Waals surface area contributed by atoms with Gasteiger partial charge in [-0.15, -0.1) is 0 Å². The normalized spacial score (nSPS) is 27.1. The van der Waals surface area contributed by atoms with Crippen molar-refractivity contribution in [2.24, 2.45) is 5.73 Å². The summed E-state index contributed by atoms with van der Waals surface area (Å²) in [7, 11) is 0. The van der Waals surface area contributed by atoms with Crippen LogP contribution in [0.25, 0.3) is 0 Å². The molecular formula is C12H19N3O. The van der Waals surface area contributed by atoms with E-state index < -0.39 is 5.60 Å². The molecule has 0 saturated carbocycles. The Balaban J connectivity index is 2.28. The van der Waals surface area contributed by atoms with E-state index in [2.05, 4.69) is 9.88 Å². The molecule has 2 atom stereocenters. The van der Waals surface area contributed by atoms with Crippen LogP contribution in [0.4, 0.5) is 5.82 Å². The Bertz CT molecular complexity index is 376. The number of nitrogens with two attached hydrogens (primary N) is 1. The van der Waals surface area contributed by atoms with Crippen molar-refractivity contribution in [3.05, 3.63) is 23.9 Å². The Kier molecular flexibility index (Phi) is 2.86. The molecule has 3 N–H and O–H groups in total. The topological polar surface area (TPSA) is 62.4 Å². The molecular weight excluding hydrogens is 202 g/mol. The van der Waals surface area contributed by atoms with E-state index in [1.54, 1.807) is 6.20 Å². The lowest BCUT2D eigenvalue weighted by atomic mass is 10.1. The van der Waals surface area contributed by atoms with Crippen molar-refractivity contribution in [1.82, 2.24) is 4.98 Å². The van der Waals surface area contributed by atoms with Crippen LogP contribution in [-0.4, -0.2) is 28.8 Å². The van der Waals surface area contributed by atoms with Crippen molar-refractivity contribution in [2.45, 2.75) is 31.9 Å². The van der Waals surface area contributed by atoms with E-state index in [1.807, 2.05) is 26.0 Å². The number of aliphatic hydroxyl groups is 1. The van der Waals surface area contributed by atoms with Crippen molar-refractivity contribution >= 4 is 5.82 Å². The third-order valence-corrected chi connectivity index (χ3v) is 3.06. The summed E-state index contributed by atoms with van der Waals surface area (Å²) in [4.78, 5) is 6.49. The fraction of sp³-hybridized carbons (Fsp3) is 0.583. The molecule has 1 aromatic heterocycles. The van der Waals surface area contributed by atoms with Gasteiger partial charge >= 0.3 is 0 Å². The first-order valence-electron chi connectivity index (χ1n) is 5.67. The minimum atomic E-state index is -0.605. The van der Waals surface area contributed by atoms with E-state index in [0.717, 1.165) is 24.3 Å². The van der Waals surface area contributed by atoms with E-state index in [1.165, 1.54) is 0 Å². The Morgan fingerprint density at radius 1 is 1.62 bits per heavy atom. The highest BCUT2D eigenvalue weighted by Gasteiger charge is 2.33. The van der Waals surface area contributed by atoms with E-state index in [4.69, 9.17) is 5.73 Å². The summed E-state index contributed by atoms with van der Waals surface area (Å²) in [5.74, 6) is 0.912. The van der Waals surface area contributed by atoms with Crippen molar-refractivity contribution in [1.29, 1.82) is 0 Å². The van der Waals surface area contributed by atoms with Crippen LogP contribution in [0.3, 0.4) is 0 Å². The lowest BCUT2D eigenvalue weighted by Gasteiger charge is -2.23. The van der Waals surface area contributed by atoms with Gasteiger partial charge in [0.1, 0.15) is 5.82 Å². The highest BCUT2D eigenvalue weighted by atomic mass is 16.3. The largest absolute Gasteiger partial charge is 0.388 e. The van der Waals surface area contributed by atoms with E-state index in [-0.39, 0.29) is 6.04 Å². The predicted octanol–water partition coefficient (Wildman–Crippen LogP) is 1.06. The lowest BCUT2D eigenvalue weighted by Crippen LogP contribution is -2.31. The Hall–Kier alpha value is -1.13. The van der Waals surface area contributed by atoms with Crippen LogP contribution >= 0.6 is 0 Å². The van der Waals surface area contributed by atoms with Crippen LogP contribution in [0.1, 0.15) is 31.9 Å². The number of rotatable bonds is 2. The van der Waals surface area contributed by atoms with Crippen LogP contribution in [0.15, 0.2) is 18.3 Å². The Morgan fingerprint density at radius 3 is 2.94 bits per heavy atom. The highest BCUT2D eigenvalue weighted by Crippen LogP contribution is 2.29. The molecule has 0 spiro atoms. The summed E-state index contributed by atoms with van der Waals surface area (Å²) in [5, 5.41) is 9.95. The fourth-order valence-electron chi connectivity index (χ4n) is 2.15. The zero-order valence-electron chi connectivity index (χ0n) is 9.85. The van der Waals surface area contributed by atoms with Gasteiger partial charge in [0.15, 0.2) is 0 Å². The van der Waals surface area contributed by atoms with Gasteiger partial charge in [-0.25, -0.2) is 4.98 Å². The molecule has 4 nitrogen and oxygen atoms in total. The van der Waals surface area contributed by atoms with Crippen molar-refractivity contribution in [3.8, 4) is 0 Å². The molecule has 0 radical (unpaired) electrons.